The molecular weight excluding hydrogens is 410 g/mol. The number of aromatic carboxylic acids is 1. The number of methoxy groups -OCH3 is 1. The van der Waals surface area contributed by atoms with E-state index in [0.717, 1.165) is 0 Å². The molecular formula is C18H23Cl2FN4O3. The van der Waals surface area contributed by atoms with Gasteiger partial charge in [0.2, 0.25) is 0 Å². The Balaban J connectivity index is 0.000000480. The predicted molar refractivity (Wildman–Crippen MR) is 109 cm³/mol. The lowest BCUT2D eigenvalue weighted by Crippen LogP contribution is -2.21. The Morgan fingerprint density at radius 3 is 2.21 bits per heavy atom. The summed E-state index contributed by atoms with van der Waals surface area (Å²) in [6.07, 6.45) is 0. The number of carbonyl (C=O) groups is 1. The lowest BCUT2D eigenvalue weighted by Gasteiger charge is -2.13. The lowest BCUT2D eigenvalue weighted by molar-refractivity contribution is 0.0690. The second-order valence-electron chi connectivity index (χ2n) is 5.46. The van der Waals surface area contributed by atoms with Gasteiger partial charge in [0, 0.05) is 0 Å². The van der Waals surface area contributed by atoms with Crippen LogP contribution in [0.2, 0.25) is 10.0 Å². The average molecular weight is 433 g/mol. The van der Waals surface area contributed by atoms with Crippen LogP contribution in [0.15, 0.2) is 12.1 Å². The molecule has 0 unspecified atom stereocenters. The van der Waals surface area contributed by atoms with Gasteiger partial charge >= 0.3 is 5.97 Å². The summed E-state index contributed by atoms with van der Waals surface area (Å²) in [5.74, 6) is -2.95. The zero-order valence-electron chi connectivity index (χ0n) is 16.1. The normalized spacial score (nSPS) is 10.4. The standard InChI is InChI=1S/C12H8Cl2FN3O3.C6H15N/c1-21-9-5(13)3-2-4(7(9)15)11-17-8(12(19)20)6(14)10(16)18-11;1-4-7(5-2)6-3/h2-3H,1H3,(H,19,20)(H2,16,17,18);4-6H2,1-3H3. The summed E-state index contributed by atoms with van der Waals surface area (Å²) in [4.78, 5) is 20.9. The molecule has 28 heavy (non-hydrogen) atoms. The minimum absolute atomic E-state index is 0.0548. The van der Waals surface area contributed by atoms with Crippen LogP contribution in [-0.2, 0) is 0 Å². The van der Waals surface area contributed by atoms with Crippen molar-refractivity contribution in [1.29, 1.82) is 0 Å². The van der Waals surface area contributed by atoms with E-state index in [9.17, 15) is 9.18 Å². The summed E-state index contributed by atoms with van der Waals surface area (Å²) >= 11 is 11.5. The zero-order chi connectivity index (χ0) is 21.4. The van der Waals surface area contributed by atoms with Crippen LogP contribution in [-0.4, -0.2) is 52.7 Å². The zero-order valence-corrected chi connectivity index (χ0v) is 17.6. The van der Waals surface area contributed by atoms with Gasteiger partial charge in [-0.3, -0.25) is 0 Å². The molecule has 0 aliphatic heterocycles. The summed E-state index contributed by atoms with van der Waals surface area (Å²) in [5, 5.41) is 8.75. The van der Waals surface area contributed by atoms with Gasteiger partial charge in [0.1, 0.15) is 10.8 Å². The van der Waals surface area contributed by atoms with E-state index in [0.29, 0.717) is 0 Å². The fourth-order valence-corrected chi connectivity index (χ4v) is 2.68. The lowest BCUT2D eigenvalue weighted by atomic mass is 10.1. The van der Waals surface area contributed by atoms with Crippen molar-refractivity contribution in [3.8, 4) is 17.1 Å². The van der Waals surface area contributed by atoms with E-state index in [4.69, 9.17) is 38.8 Å². The Hall–Kier alpha value is -2.16. The predicted octanol–water partition coefficient (Wildman–Crippen LogP) is 4.23. The number of halogens is 3. The van der Waals surface area contributed by atoms with Gasteiger partial charge in [0.15, 0.2) is 23.1 Å². The smallest absolute Gasteiger partial charge is 0.356 e. The molecule has 0 aliphatic carbocycles. The second kappa shape index (κ2) is 11.0. The van der Waals surface area contributed by atoms with Crippen LogP contribution < -0.4 is 10.5 Å². The van der Waals surface area contributed by atoms with Crippen LogP contribution in [0.3, 0.4) is 0 Å². The summed E-state index contributed by atoms with van der Waals surface area (Å²) in [7, 11) is 1.24. The SMILES string of the molecule is CCN(CC)CC.COc1c(Cl)ccc(-c2nc(N)c(Cl)c(C(=O)O)n2)c1F. The molecule has 10 heteroatoms. The highest BCUT2D eigenvalue weighted by molar-refractivity contribution is 6.35. The molecule has 0 saturated heterocycles. The van der Waals surface area contributed by atoms with Crippen LogP contribution in [0.4, 0.5) is 10.2 Å². The Kier molecular flexibility index (Phi) is 9.37. The Labute approximate surface area is 173 Å². The third-order valence-electron chi connectivity index (χ3n) is 3.92. The number of nitrogens with zero attached hydrogens (tertiary/aromatic N) is 3. The number of carboxylic acid groups (broad SMARTS) is 1. The van der Waals surface area contributed by atoms with Crippen molar-refractivity contribution in [2.75, 3.05) is 32.5 Å². The van der Waals surface area contributed by atoms with E-state index in [2.05, 4.69) is 35.6 Å². The van der Waals surface area contributed by atoms with Crippen molar-refractivity contribution in [2.24, 2.45) is 0 Å². The molecule has 0 atom stereocenters. The number of ether oxygens (including phenoxy) is 1. The van der Waals surface area contributed by atoms with Crippen molar-refractivity contribution in [2.45, 2.75) is 20.8 Å². The van der Waals surface area contributed by atoms with E-state index in [1.54, 1.807) is 0 Å². The van der Waals surface area contributed by atoms with Crippen LogP contribution in [0.25, 0.3) is 11.4 Å². The fraction of sp³-hybridized carbons (Fsp3) is 0.389. The van der Waals surface area contributed by atoms with E-state index >= 15 is 0 Å². The van der Waals surface area contributed by atoms with Crippen molar-refractivity contribution in [3.05, 3.63) is 33.7 Å². The molecule has 0 fully saturated rings. The van der Waals surface area contributed by atoms with Gasteiger partial charge in [-0.05, 0) is 31.8 Å². The molecule has 0 amide bonds. The number of carboxylic acids is 1. The maximum Gasteiger partial charge on any atom is 0.356 e. The van der Waals surface area contributed by atoms with Crippen LogP contribution in [0, 0.1) is 5.82 Å². The van der Waals surface area contributed by atoms with Gasteiger partial charge < -0.3 is 20.5 Å². The number of benzene rings is 1. The number of rotatable bonds is 6. The van der Waals surface area contributed by atoms with Crippen LogP contribution in [0.5, 0.6) is 5.75 Å². The van der Waals surface area contributed by atoms with Crippen molar-refractivity contribution in [3.63, 3.8) is 0 Å². The number of nitrogens with two attached hydrogens (primary N) is 1. The van der Waals surface area contributed by atoms with Gasteiger partial charge in [-0.2, -0.15) is 0 Å². The van der Waals surface area contributed by atoms with Crippen molar-refractivity contribution >= 4 is 35.0 Å². The number of hydrogen-bond donors (Lipinski definition) is 2. The summed E-state index contributed by atoms with van der Waals surface area (Å²) < 4.78 is 19.1. The van der Waals surface area contributed by atoms with E-state index < -0.39 is 17.5 Å². The third-order valence-corrected chi connectivity index (χ3v) is 4.59. The highest BCUT2D eigenvalue weighted by atomic mass is 35.5. The van der Waals surface area contributed by atoms with Gasteiger partial charge in [-0.15, -0.1) is 0 Å². The van der Waals surface area contributed by atoms with Gasteiger partial charge in [-0.1, -0.05) is 44.0 Å². The first kappa shape index (κ1) is 23.9. The average Bonchev–Trinajstić information content (AvgIpc) is 2.66. The molecule has 7 nitrogen and oxygen atoms in total. The molecule has 3 N–H and O–H groups in total. The molecule has 2 rings (SSSR count). The number of aromatic nitrogens is 2. The fourth-order valence-electron chi connectivity index (χ4n) is 2.29. The number of hydrogen-bond acceptors (Lipinski definition) is 6. The van der Waals surface area contributed by atoms with E-state index in [-0.39, 0.29) is 33.0 Å². The minimum Gasteiger partial charge on any atom is -0.492 e. The van der Waals surface area contributed by atoms with Crippen LogP contribution in [0.1, 0.15) is 31.3 Å². The molecule has 0 saturated carbocycles. The molecule has 0 spiro atoms. The van der Waals surface area contributed by atoms with Gasteiger partial charge in [0.05, 0.1) is 17.7 Å². The van der Waals surface area contributed by atoms with Crippen molar-refractivity contribution < 1.29 is 19.0 Å². The summed E-state index contributed by atoms with van der Waals surface area (Å²) in [6, 6.07) is 2.65. The molecule has 0 aliphatic rings. The van der Waals surface area contributed by atoms with Gasteiger partial charge in [0.25, 0.3) is 0 Å². The highest BCUT2D eigenvalue weighted by Gasteiger charge is 2.21. The molecule has 1 heterocycles. The topological polar surface area (TPSA) is 102 Å². The minimum atomic E-state index is -1.41. The first-order valence-corrected chi connectivity index (χ1v) is 9.28. The Bertz CT molecular complexity index is 827. The molecule has 1 aromatic carbocycles. The Morgan fingerprint density at radius 1 is 1.21 bits per heavy atom. The van der Waals surface area contributed by atoms with Crippen LogP contribution >= 0.6 is 23.2 Å². The number of anilines is 1. The maximum atomic E-state index is 14.3. The highest BCUT2D eigenvalue weighted by Crippen LogP contribution is 2.34. The number of nitrogen functional groups attached to an aromatic ring is 1. The summed E-state index contributed by atoms with van der Waals surface area (Å²) in [5.41, 5.74) is 4.89. The maximum absolute atomic E-state index is 14.3. The first-order valence-electron chi connectivity index (χ1n) is 8.52. The largest absolute Gasteiger partial charge is 0.492 e. The van der Waals surface area contributed by atoms with Gasteiger partial charge in [-0.25, -0.2) is 19.2 Å². The Morgan fingerprint density at radius 2 is 1.79 bits per heavy atom. The summed E-state index contributed by atoms with van der Waals surface area (Å²) in [6.45, 7) is 10.1. The molecule has 154 valence electrons. The molecule has 1 aromatic heterocycles. The third kappa shape index (κ3) is 5.67. The van der Waals surface area contributed by atoms with E-state index in [1.807, 2.05) is 0 Å². The van der Waals surface area contributed by atoms with E-state index in [1.165, 1.54) is 38.9 Å². The first-order chi connectivity index (χ1) is 13.2. The molecule has 2 aromatic rings. The monoisotopic (exact) mass is 432 g/mol. The molecule has 0 bridgehead atoms. The molecule has 0 radical (unpaired) electrons. The quantitative estimate of drug-likeness (QED) is 0.703. The second-order valence-corrected chi connectivity index (χ2v) is 6.25. The van der Waals surface area contributed by atoms with Crippen molar-refractivity contribution in [1.82, 2.24) is 14.9 Å².